The molecule has 1 saturated heterocycles. The Morgan fingerprint density at radius 1 is 1.21 bits per heavy atom. The van der Waals surface area contributed by atoms with Crippen molar-refractivity contribution in [1.82, 2.24) is 0 Å². The van der Waals surface area contributed by atoms with Crippen LogP contribution >= 0.6 is 0 Å². The average Bonchev–Trinajstić information content (AvgIpc) is 2.46. The van der Waals surface area contributed by atoms with Gasteiger partial charge in [-0.3, -0.25) is 4.79 Å². The number of hydrogen-bond donors (Lipinski definition) is 2. The van der Waals surface area contributed by atoms with Crippen LogP contribution in [0.4, 0.5) is 5.69 Å². The van der Waals surface area contributed by atoms with Crippen LogP contribution in [0.5, 0.6) is 0 Å². The molecule has 1 aliphatic heterocycles. The van der Waals surface area contributed by atoms with Gasteiger partial charge < -0.3 is 15.7 Å². The molecule has 0 radical (unpaired) electrons. The van der Waals surface area contributed by atoms with Gasteiger partial charge >= 0.3 is 5.97 Å². The zero-order valence-corrected chi connectivity index (χ0v) is 11.2. The fourth-order valence-corrected chi connectivity index (χ4v) is 2.53. The summed E-state index contributed by atoms with van der Waals surface area (Å²) in [5, 5.41) is 8.66. The van der Waals surface area contributed by atoms with E-state index in [1.807, 2.05) is 12.1 Å². The lowest BCUT2D eigenvalue weighted by Gasteiger charge is -2.29. The molecule has 1 heterocycles. The van der Waals surface area contributed by atoms with Gasteiger partial charge in [0.15, 0.2) is 0 Å². The monoisotopic (exact) mass is 262 g/mol. The minimum atomic E-state index is -0.791. The lowest BCUT2D eigenvalue weighted by atomic mass is 10.0. The Bertz CT molecular complexity index is 411. The first-order valence-corrected chi connectivity index (χ1v) is 6.99. The van der Waals surface area contributed by atoms with Crippen molar-refractivity contribution in [3.63, 3.8) is 0 Å². The number of carboxylic acids is 1. The molecule has 0 amide bonds. The first-order chi connectivity index (χ1) is 9.16. The van der Waals surface area contributed by atoms with Crippen molar-refractivity contribution in [2.24, 2.45) is 5.73 Å². The molecule has 1 aliphatic rings. The normalized spacial score (nSPS) is 17.2. The van der Waals surface area contributed by atoms with E-state index in [1.54, 1.807) is 0 Å². The molecule has 4 heteroatoms. The highest BCUT2D eigenvalue weighted by Gasteiger charge is 2.12. The third kappa shape index (κ3) is 3.96. The first kappa shape index (κ1) is 13.9. The second kappa shape index (κ2) is 6.57. The molecule has 0 saturated carbocycles. The number of nitrogens with zero attached hydrogens (tertiary/aromatic N) is 1. The van der Waals surface area contributed by atoms with Gasteiger partial charge in [0, 0.05) is 31.2 Å². The second-order valence-electron chi connectivity index (χ2n) is 5.18. The Labute approximate surface area is 114 Å². The molecule has 1 fully saturated rings. The zero-order valence-electron chi connectivity index (χ0n) is 11.2. The zero-order chi connectivity index (χ0) is 13.7. The van der Waals surface area contributed by atoms with E-state index in [4.69, 9.17) is 10.8 Å². The molecule has 1 aromatic carbocycles. The summed E-state index contributed by atoms with van der Waals surface area (Å²) in [6, 6.07) is 8.06. The van der Waals surface area contributed by atoms with Crippen molar-refractivity contribution >= 4 is 11.7 Å². The van der Waals surface area contributed by atoms with E-state index in [0.29, 0.717) is 6.42 Å². The van der Waals surface area contributed by atoms with Crippen molar-refractivity contribution < 1.29 is 9.90 Å². The fourth-order valence-electron chi connectivity index (χ4n) is 2.53. The highest BCUT2D eigenvalue weighted by atomic mass is 16.4. The summed E-state index contributed by atoms with van der Waals surface area (Å²) in [6.45, 7) is 2.26. The summed E-state index contributed by atoms with van der Waals surface area (Å²) in [5.41, 5.74) is 8.25. The van der Waals surface area contributed by atoms with Gasteiger partial charge in [-0.05, 0) is 43.4 Å². The Balaban J connectivity index is 1.95. The Kier molecular flexibility index (Phi) is 4.80. The summed E-state index contributed by atoms with van der Waals surface area (Å²) in [7, 11) is 0. The molecule has 3 N–H and O–H groups in total. The molecule has 0 bridgehead atoms. The highest BCUT2D eigenvalue weighted by Crippen LogP contribution is 2.23. The van der Waals surface area contributed by atoms with E-state index in [-0.39, 0.29) is 12.5 Å². The molecule has 0 aliphatic carbocycles. The smallest absolute Gasteiger partial charge is 0.303 e. The average molecular weight is 262 g/mol. The number of carboxylic acid groups (broad SMARTS) is 1. The number of rotatable bonds is 5. The van der Waals surface area contributed by atoms with Crippen LogP contribution in [0.25, 0.3) is 0 Å². The summed E-state index contributed by atoms with van der Waals surface area (Å²) in [6.07, 6.45) is 4.46. The van der Waals surface area contributed by atoms with Crippen molar-refractivity contribution in [2.45, 2.75) is 38.1 Å². The third-order valence-corrected chi connectivity index (χ3v) is 3.71. The first-order valence-electron chi connectivity index (χ1n) is 6.99. The van der Waals surface area contributed by atoms with Crippen LogP contribution in [0.2, 0.25) is 0 Å². The number of carbonyl (C=O) groups is 1. The van der Waals surface area contributed by atoms with Crippen LogP contribution in [-0.2, 0) is 4.79 Å². The summed E-state index contributed by atoms with van der Waals surface area (Å²) >= 11 is 0. The van der Waals surface area contributed by atoms with E-state index in [0.717, 1.165) is 18.7 Å². The minimum absolute atomic E-state index is 0.120. The van der Waals surface area contributed by atoms with Crippen LogP contribution in [0.15, 0.2) is 24.3 Å². The van der Waals surface area contributed by atoms with E-state index < -0.39 is 5.97 Å². The largest absolute Gasteiger partial charge is 0.481 e. The molecule has 0 aromatic heterocycles. The van der Waals surface area contributed by atoms with Crippen LogP contribution in [0, 0.1) is 0 Å². The van der Waals surface area contributed by atoms with E-state index in [9.17, 15) is 4.79 Å². The molecule has 1 unspecified atom stereocenters. The predicted molar refractivity (Wildman–Crippen MR) is 76.3 cm³/mol. The number of anilines is 1. The van der Waals surface area contributed by atoms with Gasteiger partial charge in [0.25, 0.3) is 0 Å². The van der Waals surface area contributed by atoms with Crippen LogP contribution in [0.1, 0.15) is 43.7 Å². The lowest BCUT2D eigenvalue weighted by molar-refractivity contribution is -0.137. The van der Waals surface area contributed by atoms with Gasteiger partial charge in [0.05, 0.1) is 0 Å². The van der Waals surface area contributed by atoms with E-state index in [1.165, 1.54) is 24.9 Å². The van der Waals surface area contributed by atoms with E-state index in [2.05, 4.69) is 17.0 Å². The third-order valence-electron chi connectivity index (χ3n) is 3.71. The standard InChI is InChI=1S/C15H22N2O2/c16-14(8-9-15(18)19)12-4-6-13(7-5-12)17-10-2-1-3-11-17/h4-7,14H,1-3,8-11,16H2,(H,18,19). The molecule has 4 nitrogen and oxygen atoms in total. The molecule has 0 spiro atoms. The molecule has 19 heavy (non-hydrogen) atoms. The maximum absolute atomic E-state index is 10.5. The number of aliphatic carboxylic acids is 1. The summed E-state index contributed by atoms with van der Waals surface area (Å²) in [4.78, 5) is 12.9. The molecule has 1 aromatic rings. The molecule has 1 atom stereocenters. The Morgan fingerprint density at radius 2 is 1.84 bits per heavy atom. The van der Waals surface area contributed by atoms with Gasteiger partial charge in [-0.25, -0.2) is 0 Å². The number of benzene rings is 1. The van der Waals surface area contributed by atoms with Crippen LogP contribution < -0.4 is 10.6 Å². The highest BCUT2D eigenvalue weighted by molar-refractivity contribution is 5.66. The van der Waals surface area contributed by atoms with Crippen molar-refractivity contribution in [2.75, 3.05) is 18.0 Å². The lowest BCUT2D eigenvalue weighted by Crippen LogP contribution is -2.29. The van der Waals surface area contributed by atoms with Gasteiger partial charge in [-0.2, -0.15) is 0 Å². The maximum atomic E-state index is 10.5. The molecule has 2 rings (SSSR count). The van der Waals surface area contributed by atoms with E-state index >= 15 is 0 Å². The molecule has 104 valence electrons. The topological polar surface area (TPSA) is 66.6 Å². The Hall–Kier alpha value is -1.55. The van der Waals surface area contributed by atoms with Gasteiger partial charge in [-0.15, -0.1) is 0 Å². The quantitative estimate of drug-likeness (QED) is 0.855. The van der Waals surface area contributed by atoms with Gasteiger partial charge in [-0.1, -0.05) is 12.1 Å². The van der Waals surface area contributed by atoms with Gasteiger partial charge in [0.2, 0.25) is 0 Å². The van der Waals surface area contributed by atoms with Crippen LogP contribution in [0.3, 0.4) is 0 Å². The number of hydrogen-bond acceptors (Lipinski definition) is 3. The van der Waals surface area contributed by atoms with Crippen molar-refractivity contribution in [1.29, 1.82) is 0 Å². The maximum Gasteiger partial charge on any atom is 0.303 e. The predicted octanol–water partition coefficient (Wildman–Crippen LogP) is 2.54. The Morgan fingerprint density at radius 3 is 2.42 bits per heavy atom. The summed E-state index contributed by atoms with van der Waals surface area (Å²) < 4.78 is 0. The van der Waals surface area contributed by atoms with Crippen molar-refractivity contribution in [3.05, 3.63) is 29.8 Å². The van der Waals surface area contributed by atoms with Crippen LogP contribution in [-0.4, -0.2) is 24.2 Å². The molecular formula is C15H22N2O2. The number of piperidine rings is 1. The fraction of sp³-hybridized carbons (Fsp3) is 0.533. The second-order valence-corrected chi connectivity index (χ2v) is 5.18. The van der Waals surface area contributed by atoms with Crippen molar-refractivity contribution in [3.8, 4) is 0 Å². The SMILES string of the molecule is NC(CCC(=O)O)c1ccc(N2CCCCC2)cc1. The molecular weight excluding hydrogens is 240 g/mol. The minimum Gasteiger partial charge on any atom is -0.481 e. The number of nitrogens with two attached hydrogens (primary N) is 1. The van der Waals surface area contributed by atoms with Gasteiger partial charge in [0.1, 0.15) is 0 Å². The summed E-state index contributed by atoms with van der Waals surface area (Å²) in [5.74, 6) is -0.791.